The first-order chi connectivity index (χ1) is 15.5. The van der Waals surface area contributed by atoms with Gasteiger partial charge >= 0.3 is 0 Å². The number of hydrogen-bond acceptors (Lipinski definition) is 5. The molecule has 5 rings (SSSR count). The predicted molar refractivity (Wildman–Crippen MR) is 126 cm³/mol. The number of carbonyl (C=O) groups excluding carboxylic acids is 1. The molecule has 2 aromatic carbocycles. The van der Waals surface area contributed by atoms with Gasteiger partial charge in [0.15, 0.2) is 5.76 Å². The first kappa shape index (κ1) is 20.8. The minimum absolute atomic E-state index is 0.259. The molecule has 1 aliphatic carbocycles. The number of anilines is 1. The van der Waals surface area contributed by atoms with E-state index in [1.165, 1.54) is 6.42 Å². The van der Waals surface area contributed by atoms with E-state index in [9.17, 15) is 4.79 Å². The van der Waals surface area contributed by atoms with Crippen LogP contribution in [0.1, 0.15) is 53.8 Å². The highest BCUT2D eigenvalue weighted by molar-refractivity contribution is 6.34. The summed E-state index contributed by atoms with van der Waals surface area (Å²) in [5.41, 5.74) is 3.12. The summed E-state index contributed by atoms with van der Waals surface area (Å²) >= 11 is 6.66. The van der Waals surface area contributed by atoms with Gasteiger partial charge in [0, 0.05) is 23.1 Å². The second kappa shape index (κ2) is 8.10. The number of furan rings is 1. The van der Waals surface area contributed by atoms with E-state index in [0.717, 1.165) is 59.5 Å². The minimum Gasteiger partial charge on any atom is -0.496 e. The molecule has 1 amide bonds. The average Bonchev–Trinajstić information content (AvgIpc) is 3.21. The van der Waals surface area contributed by atoms with Gasteiger partial charge in [-0.2, -0.15) is 0 Å². The lowest BCUT2D eigenvalue weighted by Crippen LogP contribution is -2.48. The van der Waals surface area contributed by atoms with Crippen molar-refractivity contribution in [2.24, 2.45) is 0 Å². The van der Waals surface area contributed by atoms with E-state index in [0.29, 0.717) is 17.2 Å². The number of carbonyl (C=O) groups is 1. The summed E-state index contributed by atoms with van der Waals surface area (Å²) in [6.07, 6.45) is 5.36. The van der Waals surface area contributed by atoms with Gasteiger partial charge in [-0.1, -0.05) is 55.6 Å². The van der Waals surface area contributed by atoms with Crippen LogP contribution < -0.4 is 20.7 Å². The number of benzene rings is 2. The van der Waals surface area contributed by atoms with Crippen molar-refractivity contribution in [2.75, 3.05) is 12.4 Å². The van der Waals surface area contributed by atoms with Crippen molar-refractivity contribution < 1.29 is 13.9 Å². The molecule has 7 heteroatoms. The molecule has 6 nitrogen and oxygen atoms in total. The quantitative estimate of drug-likeness (QED) is 0.476. The third-order valence-corrected chi connectivity index (χ3v) is 6.76. The van der Waals surface area contributed by atoms with Crippen molar-refractivity contribution in [1.29, 1.82) is 0 Å². The lowest BCUT2D eigenvalue weighted by atomic mass is 9.74. The summed E-state index contributed by atoms with van der Waals surface area (Å²) < 4.78 is 11.5. The Labute approximate surface area is 192 Å². The maximum atomic E-state index is 12.9. The maximum Gasteiger partial charge on any atom is 0.287 e. The van der Waals surface area contributed by atoms with E-state index in [2.05, 4.69) is 22.5 Å². The van der Waals surface area contributed by atoms with Crippen LogP contribution in [0.3, 0.4) is 0 Å². The molecule has 0 unspecified atom stereocenters. The molecule has 32 heavy (non-hydrogen) atoms. The van der Waals surface area contributed by atoms with Gasteiger partial charge in [-0.25, -0.2) is 0 Å². The molecule has 0 saturated heterocycles. The molecule has 1 spiro atoms. The highest BCUT2D eigenvalue weighted by Crippen LogP contribution is 2.49. The smallest absolute Gasteiger partial charge is 0.287 e. The Morgan fingerprint density at radius 2 is 2.03 bits per heavy atom. The highest BCUT2D eigenvalue weighted by Gasteiger charge is 2.42. The molecule has 0 radical (unpaired) electrons. The summed E-state index contributed by atoms with van der Waals surface area (Å²) in [6, 6.07) is 11.2. The van der Waals surface area contributed by atoms with Crippen LogP contribution in [-0.4, -0.2) is 13.0 Å². The van der Waals surface area contributed by atoms with Gasteiger partial charge < -0.3 is 25.1 Å². The number of para-hydroxylation sites is 1. The van der Waals surface area contributed by atoms with Crippen molar-refractivity contribution in [3.63, 3.8) is 0 Å². The molecule has 1 fully saturated rings. The highest BCUT2D eigenvalue weighted by atomic mass is 35.5. The summed E-state index contributed by atoms with van der Waals surface area (Å²) in [6.45, 7) is 4.44. The average molecular weight is 452 g/mol. The molecule has 1 saturated carbocycles. The van der Waals surface area contributed by atoms with E-state index in [4.69, 9.17) is 20.8 Å². The second-order valence-electron chi connectivity index (χ2n) is 8.50. The van der Waals surface area contributed by atoms with Gasteiger partial charge in [-0.3, -0.25) is 4.79 Å². The molecule has 3 N–H and O–H groups in total. The Bertz CT molecular complexity index is 1210. The molecule has 0 bridgehead atoms. The summed E-state index contributed by atoms with van der Waals surface area (Å²) in [5, 5.41) is 11.2. The van der Waals surface area contributed by atoms with E-state index >= 15 is 0 Å². The van der Waals surface area contributed by atoms with Crippen molar-refractivity contribution >= 4 is 34.2 Å². The van der Waals surface area contributed by atoms with Gasteiger partial charge in [0.1, 0.15) is 11.3 Å². The number of rotatable bonds is 4. The SMILES string of the molecule is C=C1Nc2c(Cl)cc3cc(C(=O)NCc4ccccc4OC)oc3c2C2(CCCCC2)N1. The molecule has 2 aliphatic rings. The topological polar surface area (TPSA) is 75.5 Å². The predicted octanol–water partition coefficient (Wildman–Crippen LogP) is 5.67. The van der Waals surface area contributed by atoms with Crippen LogP contribution >= 0.6 is 11.6 Å². The van der Waals surface area contributed by atoms with Gasteiger partial charge in [0.05, 0.1) is 29.2 Å². The largest absolute Gasteiger partial charge is 0.496 e. The van der Waals surface area contributed by atoms with E-state index < -0.39 is 0 Å². The Balaban J connectivity index is 1.51. The van der Waals surface area contributed by atoms with Crippen molar-refractivity contribution in [2.45, 2.75) is 44.2 Å². The first-order valence-corrected chi connectivity index (χ1v) is 11.3. The third kappa shape index (κ3) is 3.48. The summed E-state index contributed by atoms with van der Waals surface area (Å²) in [5.74, 6) is 1.45. The van der Waals surface area contributed by atoms with E-state index in [1.54, 1.807) is 13.2 Å². The molecular weight excluding hydrogens is 426 g/mol. The van der Waals surface area contributed by atoms with Gasteiger partial charge in [0.25, 0.3) is 5.91 Å². The van der Waals surface area contributed by atoms with Crippen LogP contribution in [0.2, 0.25) is 5.02 Å². The Morgan fingerprint density at radius 1 is 1.25 bits per heavy atom. The van der Waals surface area contributed by atoms with Crippen molar-refractivity contribution in [1.82, 2.24) is 10.6 Å². The summed E-state index contributed by atoms with van der Waals surface area (Å²) in [7, 11) is 1.62. The lowest BCUT2D eigenvalue weighted by molar-refractivity contribution is 0.0924. The lowest BCUT2D eigenvalue weighted by Gasteiger charge is -2.44. The standard InChI is InChI=1S/C25H26ClN3O3/c1-15-28-22-18(26)12-17-13-20(24(30)27-14-16-8-4-5-9-19(16)31-2)32-23(17)21(22)25(29-15)10-6-3-7-11-25/h4-5,8-9,12-13,28-29H,1,3,6-7,10-11,14H2,2H3,(H,27,30). The molecular formula is C25H26ClN3O3. The fourth-order valence-corrected chi connectivity index (χ4v) is 5.27. The molecule has 0 atom stereocenters. The molecule has 1 aromatic heterocycles. The number of amides is 1. The van der Waals surface area contributed by atoms with Crippen LogP contribution in [0.4, 0.5) is 5.69 Å². The van der Waals surface area contributed by atoms with E-state index in [1.807, 2.05) is 30.3 Å². The van der Waals surface area contributed by atoms with Gasteiger partial charge in [-0.05, 0) is 31.0 Å². The number of fused-ring (bicyclic) bond motifs is 4. The van der Waals surface area contributed by atoms with Gasteiger partial charge in [-0.15, -0.1) is 0 Å². The van der Waals surface area contributed by atoms with E-state index in [-0.39, 0.29) is 17.2 Å². The Kier molecular flexibility index (Phi) is 5.25. The fraction of sp³-hybridized carbons (Fsp3) is 0.320. The Morgan fingerprint density at radius 3 is 2.81 bits per heavy atom. The molecule has 166 valence electrons. The van der Waals surface area contributed by atoms with Crippen LogP contribution in [0, 0.1) is 0 Å². The van der Waals surface area contributed by atoms with Crippen LogP contribution in [0.5, 0.6) is 5.75 Å². The summed E-state index contributed by atoms with van der Waals surface area (Å²) in [4.78, 5) is 12.9. The van der Waals surface area contributed by atoms with Gasteiger partial charge in [0.2, 0.25) is 0 Å². The number of nitrogens with one attached hydrogen (secondary N) is 3. The van der Waals surface area contributed by atoms with Crippen molar-refractivity contribution in [3.8, 4) is 5.75 Å². The zero-order valence-electron chi connectivity index (χ0n) is 18.0. The first-order valence-electron chi connectivity index (χ1n) is 10.9. The minimum atomic E-state index is -0.290. The number of ether oxygens (including phenoxy) is 1. The number of hydrogen-bond donors (Lipinski definition) is 3. The monoisotopic (exact) mass is 451 g/mol. The zero-order valence-corrected chi connectivity index (χ0v) is 18.8. The Hall–Kier alpha value is -3.12. The van der Waals surface area contributed by atoms with Crippen LogP contribution in [0.15, 0.2) is 53.2 Å². The fourth-order valence-electron chi connectivity index (χ4n) is 5.02. The third-order valence-electron chi connectivity index (χ3n) is 6.47. The normalized spacial score (nSPS) is 16.9. The zero-order chi connectivity index (χ0) is 22.3. The number of methoxy groups -OCH3 is 1. The molecule has 3 aromatic rings. The second-order valence-corrected chi connectivity index (χ2v) is 8.91. The van der Waals surface area contributed by atoms with Crippen LogP contribution in [-0.2, 0) is 12.1 Å². The maximum absolute atomic E-state index is 12.9. The molecule has 1 aliphatic heterocycles. The molecule has 2 heterocycles. The van der Waals surface area contributed by atoms with Crippen LogP contribution in [0.25, 0.3) is 11.0 Å². The number of halogens is 1. The van der Waals surface area contributed by atoms with Crippen molar-refractivity contribution in [3.05, 3.63) is 70.7 Å².